The Labute approximate surface area is 251 Å². The van der Waals surface area contributed by atoms with Crippen LogP contribution in [0.15, 0.2) is 169 Å². The summed E-state index contributed by atoms with van der Waals surface area (Å²) >= 11 is 0. The van der Waals surface area contributed by atoms with Crippen molar-refractivity contribution in [3.05, 3.63) is 186 Å². The number of hydrogen-bond donors (Lipinski definition) is 2. The van der Waals surface area contributed by atoms with Crippen LogP contribution >= 0.6 is 0 Å². The molecule has 0 radical (unpaired) electrons. The van der Waals surface area contributed by atoms with Gasteiger partial charge in [-0.15, -0.1) is 0 Å². The fourth-order valence-corrected chi connectivity index (χ4v) is 5.27. The summed E-state index contributed by atoms with van der Waals surface area (Å²) in [5.41, 5.74) is 3.27. The van der Waals surface area contributed by atoms with Gasteiger partial charge < -0.3 is 14.9 Å². The van der Waals surface area contributed by atoms with E-state index in [0.717, 1.165) is 39.3 Å². The third-order valence-corrected chi connectivity index (χ3v) is 7.50. The largest absolute Gasteiger partial charge is 0.507 e. The molecule has 0 spiro atoms. The first-order valence-corrected chi connectivity index (χ1v) is 14.2. The fraction of sp³-hybridized carbons (Fsp3) is 0.0513. The SMILES string of the molecule is Oc1ccc(-c2ccc(Oc3ccccc3)cc2)cc1C=N[C@H](c1ccccc1)C(O)(c1ccccc1)c1ccccc1. The lowest BCUT2D eigenvalue weighted by Crippen LogP contribution is -2.34. The van der Waals surface area contributed by atoms with Crippen molar-refractivity contribution in [2.24, 2.45) is 4.99 Å². The Morgan fingerprint density at radius 1 is 0.558 bits per heavy atom. The van der Waals surface area contributed by atoms with E-state index in [2.05, 4.69) is 0 Å². The molecule has 0 aliphatic heterocycles. The second-order valence-electron chi connectivity index (χ2n) is 10.3. The fourth-order valence-electron chi connectivity index (χ4n) is 5.27. The second-order valence-corrected chi connectivity index (χ2v) is 10.3. The van der Waals surface area contributed by atoms with Gasteiger partial charge in [0.25, 0.3) is 0 Å². The maximum atomic E-state index is 12.6. The number of aliphatic hydroxyl groups is 1. The van der Waals surface area contributed by atoms with Crippen LogP contribution in [0.5, 0.6) is 17.2 Å². The molecular formula is C39H31NO3. The van der Waals surface area contributed by atoms with E-state index in [-0.39, 0.29) is 5.75 Å². The van der Waals surface area contributed by atoms with E-state index in [1.807, 2.05) is 158 Å². The molecule has 0 bridgehead atoms. The van der Waals surface area contributed by atoms with Gasteiger partial charge in [0, 0.05) is 11.8 Å². The maximum absolute atomic E-state index is 12.6. The normalized spacial score (nSPS) is 12.2. The quantitative estimate of drug-likeness (QED) is 0.173. The van der Waals surface area contributed by atoms with E-state index in [0.29, 0.717) is 5.56 Å². The molecule has 0 aliphatic carbocycles. The van der Waals surface area contributed by atoms with Crippen molar-refractivity contribution in [2.75, 3.05) is 0 Å². The minimum atomic E-state index is -1.47. The van der Waals surface area contributed by atoms with Gasteiger partial charge in [-0.1, -0.05) is 127 Å². The number of phenols is 1. The predicted octanol–water partition coefficient (Wildman–Crippen LogP) is 8.95. The molecule has 0 fully saturated rings. The molecule has 0 aliphatic rings. The lowest BCUT2D eigenvalue weighted by molar-refractivity contribution is 0.0523. The Kier molecular flexibility index (Phi) is 8.12. The zero-order chi connectivity index (χ0) is 29.5. The molecule has 0 saturated carbocycles. The Balaban J connectivity index is 1.37. The Bertz CT molecular complexity index is 1750. The van der Waals surface area contributed by atoms with Crippen LogP contribution < -0.4 is 4.74 Å². The maximum Gasteiger partial charge on any atom is 0.141 e. The summed E-state index contributed by atoms with van der Waals surface area (Å²) in [5, 5.41) is 23.4. The van der Waals surface area contributed by atoms with Gasteiger partial charge in [-0.3, -0.25) is 4.99 Å². The molecule has 0 aromatic heterocycles. The minimum Gasteiger partial charge on any atom is -0.507 e. The Hall–Kier alpha value is -5.45. The van der Waals surface area contributed by atoms with Crippen molar-refractivity contribution < 1.29 is 14.9 Å². The van der Waals surface area contributed by atoms with Crippen molar-refractivity contribution in [1.29, 1.82) is 0 Å². The van der Waals surface area contributed by atoms with Crippen LogP contribution in [-0.4, -0.2) is 16.4 Å². The molecule has 4 heteroatoms. The second kappa shape index (κ2) is 12.6. The first-order valence-electron chi connectivity index (χ1n) is 14.2. The van der Waals surface area contributed by atoms with Crippen molar-refractivity contribution in [1.82, 2.24) is 0 Å². The molecule has 210 valence electrons. The van der Waals surface area contributed by atoms with Crippen LogP contribution in [0.25, 0.3) is 11.1 Å². The first kappa shape index (κ1) is 27.7. The van der Waals surface area contributed by atoms with Crippen LogP contribution in [0.2, 0.25) is 0 Å². The number of benzene rings is 6. The lowest BCUT2D eigenvalue weighted by atomic mass is 9.77. The molecule has 0 amide bonds. The van der Waals surface area contributed by atoms with Crippen molar-refractivity contribution in [2.45, 2.75) is 11.6 Å². The van der Waals surface area contributed by atoms with Crippen LogP contribution in [0.4, 0.5) is 0 Å². The molecule has 43 heavy (non-hydrogen) atoms. The number of phenolic OH excluding ortho intramolecular Hbond substituents is 1. The Morgan fingerprint density at radius 2 is 1.05 bits per heavy atom. The Morgan fingerprint density at radius 3 is 1.63 bits per heavy atom. The molecule has 1 atom stereocenters. The summed E-state index contributed by atoms with van der Waals surface area (Å²) in [5.74, 6) is 1.62. The number of ether oxygens (including phenoxy) is 1. The van der Waals surface area contributed by atoms with Gasteiger partial charge in [-0.05, 0) is 64.2 Å². The topological polar surface area (TPSA) is 62.0 Å². The summed E-state index contributed by atoms with van der Waals surface area (Å²) in [6, 6.07) is 51.2. The molecule has 0 heterocycles. The lowest BCUT2D eigenvalue weighted by Gasteiger charge is -2.35. The van der Waals surface area contributed by atoms with Gasteiger partial charge in [0.15, 0.2) is 0 Å². The summed E-state index contributed by atoms with van der Waals surface area (Å²) < 4.78 is 5.94. The van der Waals surface area contributed by atoms with E-state index in [1.165, 1.54) is 0 Å². The highest BCUT2D eigenvalue weighted by Crippen LogP contribution is 2.43. The van der Waals surface area contributed by atoms with Crippen LogP contribution in [0.1, 0.15) is 28.3 Å². The van der Waals surface area contributed by atoms with Gasteiger partial charge in [0.2, 0.25) is 0 Å². The summed E-state index contributed by atoms with van der Waals surface area (Å²) in [6.07, 6.45) is 1.65. The highest BCUT2D eigenvalue weighted by molar-refractivity contribution is 5.86. The summed E-state index contributed by atoms with van der Waals surface area (Å²) in [6.45, 7) is 0. The first-order chi connectivity index (χ1) is 21.1. The molecule has 4 nitrogen and oxygen atoms in total. The number of aliphatic imine (C=N–C) groups is 1. The standard InChI is InChI=1S/C39H31NO3/c41-37-26-23-31(29-21-24-36(25-22-29)43-35-19-11-4-12-20-35)27-32(37)28-40-38(30-13-5-1-6-14-30)39(42,33-15-7-2-8-16-33)34-17-9-3-10-18-34/h1-28,38,41-42H/t38-/m1/s1. The number of rotatable bonds is 9. The molecule has 0 saturated heterocycles. The van der Waals surface area contributed by atoms with Gasteiger partial charge in [-0.25, -0.2) is 0 Å². The predicted molar refractivity (Wildman–Crippen MR) is 173 cm³/mol. The number of para-hydroxylation sites is 1. The zero-order valence-corrected chi connectivity index (χ0v) is 23.5. The van der Waals surface area contributed by atoms with Gasteiger partial charge in [0.05, 0.1) is 0 Å². The van der Waals surface area contributed by atoms with Gasteiger partial charge in [0.1, 0.15) is 28.9 Å². The van der Waals surface area contributed by atoms with E-state index in [9.17, 15) is 10.2 Å². The van der Waals surface area contributed by atoms with Crippen LogP contribution in [0.3, 0.4) is 0 Å². The van der Waals surface area contributed by atoms with Crippen LogP contribution in [-0.2, 0) is 5.60 Å². The third kappa shape index (κ3) is 6.10. The number of nitrogens with zero attached hydrogens (tertiary/aromatic N) is 1. The van der Waals surface area contributed by atoms with E-state index in [1.54, 1.807) is 12.3 Å². The van der Waals surface area contributed by atoms with Crippen molar-refractivity contribution >= 4 is 6.21 Å². The van der Waals surface area contributed by atoms with E-state index >= 15 is 0 Å². The highest BCUT2D eigenvalue weighted by Gasteiger charge is 2.41. The molecule has 0 unspecified atom stereocenters. The third-order valence-electron chi connectivity index (χ3n) is 7.50. The average molecular weight is 562 g/mol. The van der Waals surface area contributed by atoms with E-state index in [4.69, 9.17) is 9.73 Å². The molecular weight excluding hydrogens is 530 g/mol. The number of hydrogen-bond acceptors (Lipinski definition) is 4. The highest BCUT2D eigenvalue weighted by atomic mass is 16.5. The zero-order valence-electron chi connectivity index (χ0n) is 23.5. The van der Waals surface area contributed by atoms with Gasteiger partial charge >= 0.3 is 0 Å². The minimum absolute atomic E-state index is 0.103. The molecule has 2 N–H and O–H groups in total. The smallest absolute Gasteiger partial charge is 0.141 e. The molecule has 6 rings (SSSR count). The summed E-state index contributed by atoms with van der Waals surface area (Å²) in [4.78, 5) is 4.99. The van der Waals surface area contributed by atoms with Gasteiger partial charge in [-0.2, -0.15) is 0 Å². The summed E-state index contributed by atoms with van der Waals surface area (Å²) in [7, 11) is 0. The number of aromatic hydroxyl groups is 1. The van der Waals surface area contributed by atoms with Crippen LogP contribution in [0, 0.1) is 0 Å². The van der Waals surface area contributed by atoms with Crippen molar-refractivity contribution in [3.8, 4) is 28.4 Å². The molecule has 6 aromatic carbocycles. The van der Waals surface area contributed by atoms with Crippen molar-refractivity contribution in [3.63, 3.8) is 0 Å². The monoisotopic (exact) mass is 561 g/mol. The van der Waals surface area contributed by atoms with E-state index < -0.39 is 11.6 Å². The average Bonchev–Trinajstić information content (AvgIpc) is 3.07. The molecule has 6 aromatic rings.